The van der Waals surface area contributed by atoms with Crippen molar-refractivity contribution in [3.8, 4) is 11.1 Å². The minimum atomic E-state index is -3.83. The Kier molecular flexibility index (Phi) is 6.54. The number of nitrogens with two attached hydrogens (primary N) is 2. The largest absolute Gasteiger partial charge is 0.396 e. The molecule has 0 saturated carbocycles. The SMILES string of the molecule is CS(=O)(=O)c1c(N)cncc1-c1cc2cc(Nc3cc4n(n3)CC(=O)N(CC(F)F)CC4)ncc2c(N)c1F. The molecule has 4 heterocycles. The van der Waals surface area contributed by atoms with Crippen molar-refractivity contribution in [3.05, 3.63) is 48.3 Å². The van der Waals surface area contributed by atoms with E-state index in [9.17, 15) is 22.0 Å². The average Bonchev–Trinajstić information content (AvgIpc) is 3.16. The van der Waals surface area contributed by atoms with Crippen LogP contribution in [0, 0.1) is 5.82 Å². The summed E-state index contributed by atoms with van der Waals surface area (Å²) in [5, 5.41) is 8.11. The highest BCUT2D eigenvalue weighted by atomic mass is 32.2. The normalized spacial score (nSPS) is 14.1. The van der Waals surface area contributed by atoms with Gasteiger partial charge in [-0.2, -0.15) is 5.10 Å². The number of alkyl halides is 2. The molecule has 0 unspecified atom stereocenters. The second-order valence-electron chi connectivity index (χ2n) is 9.10. The Balaban J connectivity index is 1.49. The first-order chi connectivity index (χ1) is 18.4. The van der Waals surface area contributed by atoms with Crippen LogP contribution in [0.25, 0.3) is 21.9 Å². The topological polar surface area (TPSA) is 162 Å². The number of benzene rings is 1. The number of hydrogen-bond acceptors (Lipinski definition) is 9. The van der Waals surface area contributed by atoms with Gasteiger partial charge in [-0.15, -0.1) is 0 Å². The Labute approximate surface area is 220 Å². The van der Waals surface area contributed by atoms with E-state index in [0.29, 0.717) is 34.5 Å². The van der Waals surface area contributed by atoms with Crippen molar-refractivity contribution in [2.24, 2.45) is 0 Å². The summed E-state index contributed by atoms with van der Waals surface area (Å²) >= 11 is 0. The number of nitrogens with one attached hydrogen (secondary N) is 1. The number of pyridine rings is 2. The number of nitrogens with zero attached hydrogens (tertiary/aromatic N) is 5. The molecule has 0 bridgehead atoms. The summed E-state index contributed by atoms with van der Waals surface area (Å²) in [5.74, 6) is -0.623. The van der Waals surface area contributed by atoms with E-state index in [-0.39, 0.29) is 40.5 Å². The Morgan fingerprint density at radius 1 is 1.10 bits per heavy atom. The molecule has 0 fully saturated rings. The molecule has 0 spiro atoms. The molecule has 5 N–H and O–H groups in total. The lowest BCUT2D eigenvalue weighted by Gasteiger charge is -2.19. The molecule has 39 heavy (non-hydrogen) atoms. The van der Waals surface area contributed by atoms with E-state index in [1.54, 1.807) is 12.1 Å². The zero-order chi connectivity index (χ0) is 28.1. The van der Waals surface area contributed by atoms with Crippen LogP contribution in [0.5, 0.6) is 0 Å². The summed E-state index contributed by atoms with van der Waals surface area (Å²) in [5.41, 5.74) is 12.1. The maximum absolute atomic E-state index is 15.3. The quantitative estimate of drug-likeness (QED) is 0.301. The molecule has 11 nitrogen and oxygen atoms in total. The fourth-order valence-corrected chi connectivity index (χ4v) is 5.62. The molecule has 1 amide bonds. The molecule has 1 aliphatic rings. The van der Waals surface area contributed by atoms with Gasteiger partial charge in [0.2, 0.25) is 5.91 Å². The predicted molar refractivity (Wildman–Crippen MR) is 139 cm³/mol. The van der Waals surface area contributed by atoms with Gasteiger partial charge in [-0.1, -0.05) is 0 Å². The number of halogens is 3. The van der Waals surface area contributed by atoms with Crippen LogP contribution in [-0.2, 0) is 27.6 Å². The lowest BCUT2D eigenvalue weighted by molar-refractivity contribution is -0.133. The number of fused-ring (bicyclic) bond motifs is 2. The van der Waals surface area contributed by atoms with Gasteiger partial charge in [0.25, 0.3) is 6.43 Å². The van der Waals surface area contributed by atoms with Crippen LogP contribution in [0.2, 0.25) is 0 Å². The van der Waals surface area contributed by atoms with Crippen molar-refractivity contribution >= 4 is 49.5 Å². The third kappa shape index (κ3) is 5.04. The molecule has 1 aromatic carbocycles. The minimum absolute atomic E-state index is 0.0293. The highest BCUT2D eigenvalue weighted by Gasteiger charge is 2.25. The van der Waals surface area contributed by atoms with Crippen LogP contribution in [-0.4, -0.2) is 64.7 Å². The standard InChI is InChI=1S/C24H23F3N8O3S/c1-39(37,38)24-16(7-30-9-17(24)28)14-4-12-5-19(31-8-15(12)23(29)22(14)27)32-20-6-13-2-3-34(10-18(25)26)21(36)11-35(13)33-20/h4-9,18H,2-3,10-11,28-29H2,1H3,(H,31,32,33). The first-order valence-corrected chi connectivity index (χ1v) is 13.5. The molecule has 0 aliphatic carbocycles. The number of carbonyl (C=O) groups excluding carboxylic acids is 1. The summed E-state index contributed by atoms with van der Waals surface area (Å²) in [6.07, 6.45) is 2.43. The lowest BCUT2D eigenvalue weighted by Crippen LogP contribution is -2.36. The maximum atomic E-state index is 15.3. The van der Waals surface area contributed by atoms with Crippen molar-refractivity contribution in [3.63, 3.8) is 0 Å². The first-order valence-electron chi connectivity index (χ1n) is 11.6. The van der Waals surface area contributed by atoms with Crippen LogP contribution in [0.4, 0.5) is 36.2 Å². The van der Waals surface area contributed by atoms with E-state index in [2.05, 4.69) is 20.4 Å². The molecule has 0 radical (unpaired) electrons. The van der Waals surface area contributed by atoms with Crippen molar-refractivity contribution < 1.29 is 26.4 Å². The Morgan fingerprint density at radius 2 is 1.87 bits per heavy atom. The number of nitrogen functional groups attached to an aromatic ring is 2. The summed E-state index contributed by atoms with van der Waals surface area (Å²) in [6, 6.07) is 4.69. The fraction of sp³-hybridized carbons (Fsp3) is 0.250. The van der Waals surface area contributed by atoms with E-state index in [1.165, 1.54) is 29.3 Å². The summed E-state index contributed by atoms with van der Waals surface area (Å²) in [7, 11) is -3.83. The van der Waals surface area contributed by atoms with Gasteiger partial charge in [0.15, 0.2) is 21.5 Å². The maximum Gasteiger partial charge on any atom is 0.255 e. The van der Waals surface area contributed by atoms with Crippen LogP contribution in [0.1, 0.15) is 5.69 Å². The van der Waals surface area contributed by atoms with E-state index in [0.717, 1.165) is 11.2 Å². The molecule has 1 aliphatic heterocycles. The second-order valence-corrected chi connectivity index (χ2v) is 11.1. The Morgan fingerprint density at radius 3 is 2.59 bits per heavy atom. The molecule has 3 aromatic heterocycles. The van der Waals surface area contributed by atoms with Gasteiger partial charge in [-0.3, -0.25) is 14.5 Å². The molecule has 0 atom stereocenters. The van der Waals surface area contributed by atoms with Crippen LogP contribution in [0.3, 0.4) is 0 Å². The first kappa shape index (κ1) is 26.2. The Hall–Kier alpha value is -4.40. The van der Waals surface area contributed by atoms with Crippen molar-refractivity contribution in [2.45, 2.75) is 24.3 Å². The number of anilines is 4. The molecule has 4 aromatic rings. The van der Waals surface area contributed by atoms with Gasteiger partial charge in [0, 0.05) is 59.9 Å². The lowest BCUT2D eigenvalue weighted by atomic mass is 10.0. The van der Waals surface area contributed by atoms with Crippen LogP contribution < -0.4 is 16.8 Å². The minimum Gasteiger partial charge on any atom is -0.396 e. The monoisotopic (exact) mass is 560 g/mol. The Bertz CT molecular complexity index is 1730. The van der Waals surface area contributed by atoms with Gasteiger partial charge in [0.05, 0.1) is 24.1 Å². The highest BCUT2D eigenvalue weighted by Crippen LogP contribution is 2.38. The van der Waals surface area contributed by atoms with E-state index < -0.39 is 34.5 Å². The third-order valence-electron chi connectivity index (χ3n) is 6.34. The number of aromatic nitrogens is 4. The van der Waals surface area contributed by atoms with E-state index >= 15 is 4.39 Å². The highest BCUT2D eigenvalue weighted by molar-refractivity contribution is 7.91. The zero-order valence-electron chi connectivity index (χ0n) is 20.5. The van der Waals surface area contributed by atoms with Gasteiger partial charge >= 0.3 is 0 Å². The van der Waals surface area contributed by atoms with Crippen LogP contribution >= 0.6 is 0 Å². The number of hydrogen-bond donors (Lipinski definition) is 3. The smallest absolute Gasteiger partial charge is 0.255 e. The van der Waals surface area contributed by atoms with Gasteiger partial charge in [-0.25, -0.2) is 26.6 Å². The summed E-state index contributed by atoms with van der Waals surface area (Å²) in [4.78, 5) is 21.4. The van der Waals surface area contributed by atoms with Crippen molar-refractivity contribution in [1.82, 2.24) is 24.6 Å². The van der Waals surface area contributed by atoms with Gasteiger partial charge in [-0.05, 0) is 17.5 Å². The zero-order valence-corrected chi connectivity index (χ0v) is 21.3. The van der Waals surface area contributed by atoms with Crippen molar-refractivity contribution in [2.75, 3.05) is 36.1 Å². The fourth-order valence-electron chi connectivity index (χ4n) is 4.58. The van der Waals surface area contributed by atoms with Crippen LogP contribution in [0.15, 0.2) is 41.7 Å². The molecule has 0 saturated heterocycles. The second kappa shape index (κ2) is 9.72. The average molecular weight is 561 g/mol. The summed E-state index contributed by atoms with van der Waals surface area (Å²) < 4.78 is 67.1. The van der Waals surface area contributed by atoms with Gasteiger partial charge < -0.3 is 21.7 Å². The van der Waals surface area contributed by atoms with Gasteiger partial charge in [0.1, 0.15) is 17.3 Å². The predicted octanol–water partition coefficient (Wildman–Crippen LogP) is 2.59. The number of carbonyl (C=O) groups is 1. The third-order valence-corrected chi connectivity index (χ3v) is 7.53. The number of amides is 1. The summed E-state index contributed by atoms with van der Waals surface area (Å²) in [6.45, 7) is -0.658. The molecule has 204 valence electrons. The molecule has 15 heteroatoms. The molecular formula is C24H23F3N8O3S. The van der Waals surface area contributed by atoms with E-state index in [1.807, 2.05) is 0 Å². The number of sulfone groups is 1. The van der Waals surface area contributed by atoms with E-state index in [4.69, 9.17) is 11.5 Å². The molecular weight excluding hydrogens is 537 g/mol. The molecule has 5 rings (SSSR count). The van der Waals surface area contributed by atoms with Crippen molar-refractivity contribution in [1.29, 1.82) is 0 Å². The number of rotatable bonds is 6.